The quantitative estimate of drug-likeness (QED) is 0.469. The van der Waals surface area contributed by atoms with Gasteiger partial charge in [-0.2, -0.15) is 0 Å². The first-order valence-electron chi connectivity index (χ1n) is 9.18. The van der Waals surface area contributed by atoms with Crippen LogP contribution in [0.15, 0.2) is 53.4 Å². The van der Waals surface area contributed by atoms with Crippen LogP contribution in [0.2, 0.25) is 5.02 Å². The van der Waals surface area contributed by atoms with Gasteiger partial charge in [0.05, 0.1) is 15.5 Å². The van der Waals surface area contributed by atoms with Crippen LogP contribution in [0.1, 0.15) is 22.8 Å². The fourth-order valence-corrected chi connectivity index (χ4v) is 3.22. The summed E-state index contributed by atoms with van der Waals surface area (Å²) < 4.78 is 27.3. The van der Waals surface area contributed by atoms with E-state index in [1.165, 1.54) is 25.1 Å². The number of hydrogen-bond donors (Lipinski definition) is 3. The second-order valence-corrected chi connectivity index (χ2v) is 8.54. The summed E-state index contributed by atoms with van der Waals surface area (Å²) in [7, 11) is -3.75. The van der Waals surface area contributed by atoms with Gasteiger partial charge in [-0.1, -0.05) is 35.9 Å². The fourth-order valence-electron chi connectivity index (χ4n) is 2.48. The summed E-state index contributed by atoms with van der Waals surface area (Å²) in [4.78, 5) is 36.0. The Morgan fingerprint density at radius 3 is 2.35 bits per heavy atom. The molecule has 11 heteroatoms. The van der Waals surface area contributed by atoms with Gasteiger partial charge in [-0.15, -0.1) is 0 Å². The lowest BCUT2D eigenvalue weighted by molar-refractivity contribution is -0.150. The second-order valence-electron chi connectivity index (χ2n) is 6.57. The number of nitrogens with two attached hydrogens (primary N) is 1. The van der Waals surface area contributed by atoms with Crippen molar-refractivity contribution in [2.24, 2.45) is 5.14 Å². The molecule has 2 rings (SSSR count). The Balaban J connectivity index is 1.72. The van der Waals surface area contributed by atoms with Crippen LogP contribution in [0.25, 0.3) is 0 Å². The van der Waals surface area contributed by atoms with Crippen molar-refractivity contribution in [1.29, 1.82) is 0 Å². The predicted octanol–water partition coefficient (Wildman–Crippen LogP) is 1.01. The zero-order valence-corrected chi connectivity index (χ0v) is 18.2. The highest BCUT2D eigenvalue weighted by molar-refractivity contribution is 7.89. The van der Waals surface area contributed by atoms with E-state index in [4.69, 9.17) is 21.5 Å². The number of carbonyl (C=O) groups excluding carboxylic acids is 3. The molecule has 4 N–H and O–H groups in total. The highest BCUT2D eigenvalue weighted by Crippen LogP contribution is 2.14. The number of hydrogen-bond acceptors (Lipinski definition) is 6. The second kappa shape index (κ2) is 10.9. The molecule has 0 spiro atoms. The van der Waals surface area contributed by atoms with E-state index in [2.05, 4.69) is 10.6 Å². The molecule has 0 heterocycles. The Labute approximate surface area is 185 Å². The van der Waals surface area contributed by atoms with Crippen LogP contribution in [0, 0.1) is 0 Å². The van der Waals surface area contributed by atoms with Crippen molar-refractivity contribution >= 4 is 39.4 Å². The maximum absolute atomic E-state index is 12.1. The lowest BCUT2D eigenvalue weighted by Gasteiger charge is -2.14. The van der Waals surface area contributed by atoms with Gasteiger partial charge in [0.1, 0.15) is 6.04 Å². The first kappa shape index (κ1) is 24.3. The zero-order valence-electron chi connectivity index (χ0n) is 16.6. The average Bonchev–Trinajstić information content (AvgIpc) is 2.72. The molecule has 31 heavy (non-hydrogen) atoms. The molecular weight excluding hydrogens is 446 g/mol. The molecule has 0 aliphatic heterocycles. The normalized spacial score (nSPS) is 12.0. The van der Waals surface area contributed by atoms with Gasteiger partial charge in [0.25, 0.3) is 11.8 Å². The van der Waals surface area contributed by atoms with Gasteiger partial charge in [0.2, 0.25) is 10.0 Å². The molecule has 0 fully saturated rings. The summed E-state index contributed by atoms with van der Waals surface area (Å²) >= 11 is 5.94. The van der Waals surface area contributed by atoms with E-state index in [-0.39, 0.29) is 22.0 Å². The molecule has 0 saturated heterocycles. The third-order valence-electron chi connectivity index (χ3n) is 4.15. The minimum absolute atomic E-state index is 0.00273. The molecule has 0 aliphatic rings. The van der Waals surface area contributed by atoms with Crippen LogP contribution in [-0.4, -0.2) is 45.4 Å². The van der Waals surface area contributed by atoms with Gasteiger partial charge < -0.3 is 15.4 Å². The largest absolute Gasteiger partial charge is 0.454 e. The molecule has 166 valence electrons. The molecule has 9 nitrogen and oxygen atoms in total. The average molecular weight is 468 g/mol. The summed E-state index contributed by atoms with van der Waals surface area (Å²) in [5, 5.41) is 10.3. The molecule has 1 atom stereocenters. The number of ether oxygens (including phenoxy) is 1. The van der Waals surface area contributed by atoms with Gasteiger partial charge in [-0.3, -0.25) is 9.59 Å². The van der Waals surface area contributed by atoms with Gasteiger partial charge in [-0.25, -0.2) is 18.4 Å². The number of nitrogens with one attached hydrogen (secondary N) is 2. The van der Waals surface area contributed by atoms with Gasteiger partial charge in [0, 0.05) is 6.54 Å². The molecular formula is C20H22ClN3O6S. The lowest BCUT2D eigenvalue weighted by Crippen LogP contribution is -2.41. The lowest BCUT2D eigenvalue weighted by atomic mass is 10.1. The van der Waals surface area contributed by atoms with Gasteiger partial charge in [-0.05, 0) is 43.2 Å². The third kappa shape index (κ3) is 7.67. The van der Waals surface area contributed by atoms with Crippen molar-refractivity contribution in [3.63, 3.8) is 0 Å². The highest BCUT2D eigenvalue weighted by Gasteiger charge is 2.20. The first-order chi connectivity index (χ1) is 14.6. The Morgan fingerprint density at radius 2 is 1.74 bits per heavy atom. The van der Waals surface area contributed by atoms with Crippen LogP contribution >= 0.6 is 11.6 Å². The van der Waals surface area contributed by atoms with Crippen molar-refractivity contribution in [3.05, 3.63) is 64.7 Å². The Bertz CT molecular complexity index is 1060. The SMILES string of the molecule is C[C@H](NC(=O)c1ccccc1Cl)C(=O)OCC(=O)NCCc1ccc(S(N)(=O)=O)cc1. The van der Waals surface area contributed by atoms with Crippen molar-refractivity contribution in [2.45, 2.75) is 24.3 Å². The summed E-state index contributed by atoms with van der Waals surface area (Å²) in [5.41, 5.74) is 1.01. The fraction of sp³-hybridized carbons (Fsp3) is 0.250. The number of rotatable bonds is 9. The smallest absolute Gasteiger partial charge is 0.328 e. The van der Waals surface area contributed by atoms with Gasteiger partial charge >= 0.3 is 5.97 Å². The molecule has 0 aromatic heterocycles. The minimum Gasteiger partial charge on any atom is -0.454 e. The van der Waals surface area contributed by atoms with E-state index in [1.807, 2.05) is 0 Å². The van der Waals surface area contributed by atoms with Crippen LogP contribution in [0.3, 0.4) is 0 Å². The Morgan fingerprint density at radius 1 is 1.10 bits per heavy atom. The van der Waals surface area contributed by atoms with Crippen molar-refractivity contribution < 1.29 is 27.5 Å². The molecule has 0 bridgehead atoms. The van der Waals surface area contributed by atoms with E-state index in [1.54, 1.807) is 30.3 Å². The number of primary sulfonamides is 1. The molecule has 0 radical (unpaired) electrons. The van der Waals surface area contributed by atoms with Crippen molar-refractivity contribution in [3.8, 4) is 0 Å². The summed E-state index contributed by atoms with van der Waals surface area (Å²) in [6, 6.07) is 11.4. The van der Waals surface area contributed by atoms with E-state index in [0.717, 1.165) is 5.56 Å². The summed E-state index contributed by atoms with van der Waals surface area (Å²) in [6.07, 6.45) is 0.439. The minimum atomic E-state index is -3.75. The topological polar surface area (TPSA) is 145 Å². The Kier molecular flexibility index (Phi) is 8.55. The maximum Gasteiger partial charge on any atom is 0.328 e. The number of carbonyl (C=O) groups is 3. The predicted molar refractivity (Wildman–Crippen MR) is 114 cm³/mol. The molecule has 0 saturated carbocycles. The molecule has 0 aliphatic carbocycles. The van der Waals surface area contributed by atoms with Crippen LogP contribution < -0.4 is 15.8 Å². The first-order valence-corrected chi connectivity index (χ1v) is 11.1. The van der Waals surface area contributed by atoms with Crippen LogP contribution in [0.4, 0.5) is 0 Å². The van der Waals surface area contributed by atoms with E-state index in [0.29, 0.717) is 6.42 Å². The van der Waals surface area contributed by atoms with E-state index < -0.39 is 40.5 Å². The molecule has 2 aromatic carbocycles. The van der Waals surface area contributed by atoms with Gasteiger partial charge in [0.15, 0.2) is 6.61 Å². The highest BCUT2D eigenvalue weighted by atomic mass is 35.5. The Hall–Kier alpha value is -2.95. The molecule has 0 unspecified atom stereocenters. The standard InChI is InChI=1S/C20H22ClN3O6S/c1-13(24-19(26)16-4-2-3-5-17(16)21)20(27)30-12-18(25)23-11-10-14-6-8-15(9-7-14)31(22,28)29/h2-9,13H,10-12H2,1H3,(H,23,25)(H,24,26)(H2,22,28,29)/t13-/m0/s1. The number of halogens is 1. The zero-order chi connectivity index (χ0) is 23.0. The van der Waals surface area contributed by atoms with Crippen LogP contribution in [0.5, 0.6) is 0 Å². The summed E-state index contributed by atoms with van der Waals surface area (Å²) in [6.45, 7) is 1.18. The number of esters is 1. The summed E-state index contributed by atoms with van der Waals surface area (Å²) in [5.74, 6) is -1.82. The van der Waals surface area contributed by atoms with Crippen molar-refractivity contribution in [1.82, 2.24) is 10.6 Å². The molecule has 2 amide bonds. The third-order valence-corrected chi connectivity index (χ3v) is 5.41. The molecule has 2 aromatic rings. The van der Waals surface area contributed by atoms with E-state index >= 15 is 0 Å². The number of amides is 2. The van der Waals surface area contributed by atoms with E-state index in [9.17, 15) is 22.8 Å². The van der Waals surface area contributed by atoms with Crippen LogP contribution in [-0.2, 0) is 30.8 Å². The maximum atomic E-state index is 12.1. The monoisotopic (exact) mass is 467 g/mol. The number of sulfonamides is 1. The number of benzene rings is 2. The van der Waals surface area contributed by atoms with Crippen molar-refractivity contribution in [2.75, 3.05) is 13.2 Å².